The number of phenols is 1. The molecule has 1 unspecified atom stereocenters. The Morgan fingerprint density at radius 1 is 1.53 bits per heavy atom. The quantitative estimate of drug-likeness (QED) is 0.844. The molecule has 1 aromatic rings. The highest BCUT2D eigenvalue weighted by atomic mass is 79.9. The van der Waals surface area contributed by atoms with Crippen molar-refractivity contribution in [2.24, 2.45) is 0 Å². The Morgan fingerprint density at radius 2 is 2.21 bits per heavy atom. The fourth-order valence-corrected chi connectivity index (χ4v) is 1.88. The summed E-state index contributed by atoms with van der Waals surface area (Å²) in [7, 11) is 2.05. The van der Waals surface area contributed by atoms with Crippen molar-refractivity contribution in [1.29, 1.82) is 0 Å². The summed E-state index contributed by atoms with van der Waals surface area (Å²) in [5.74, 6) is -0.0928. The van der Waals surface area contributed by atoms with Crippen LogP contribution in [0.15, 0.2) is 22.7 Å². The molecule has 0 bridgehead atoms. The van der Waals surface area contributed by atoms with Crippen molar-refractivity contribution >= 4 is 21.8 Å². The lowest BCUT2D eigenvalue weighted by Gasteiger charge is -2.23. The average molecular weight is 329 g/mol. The van der Waals surface area contributed by atoms with Crippen LogP contribution in [0.25, 0.3) is 0 Å². The summed E-state index contributed by atoms with van der Waals surface area (Å²) in [6.07, 6.45) is 1.09. The lowest BCUT2D eigenvalue weighted by molar-refractivity contribution is 0.0947. The molecule has 19 heavy (non-hydrogen) atoms. The molecule has 0 heterocycles. The van der Waals surface area contributed by atoms with Gasteiger partial charge in [-0.15, -0.1) is 0 Å². The van der Waals surface area contributed by atoms with Gasteiger partial charge >= 0.3 is 0 Å². The van der Waals surface area contributed by atoms with Gasteiger partial charge in [-0.25, -0.2) is 0 Å². The van der Waals surface area contributed by atoms with Crippen LogP contribution in [-0.2, 0) is 0 Å². The molecule has 0 fully saturated rings. The first kappa shape index (κ1) is 16.0. The van der Waals surface area contributed by atoms with E-state index >= 15 is 0 Å². The van der Waals surface area contributed by atoms with Gasteiger partial charge in [0.2, 0.25) is 0 Å². The average Bonchev–Trinajstić information content (AvgIpc) is 2.40. The number of nitrogens with one attached hydrogen (secondary N) is 1. The Morgan fingerprint density at radius 3 is 2.79 bits per heavy atom. The number of carbonyl (C=O) groups is 1. The number of amides is 1. The van der Waals surface area contributed by atoms with E-state index in [2.05, 4.69) is 40.0 Å². The van der Waals surface area contributed by atoms with Crippen molar-refractivity contribution in [1.82, 2.24) is 10.2 Å². The minimum absolute atomic E-state index is 0.0735. The third kappa shape index (κ3) is 4.84. The van der Waals surface area contributed by atoms with Crippen molar-refractivity contribution in [3.8, 4) is 5.75 Å². The minimum Gasteiger partial charge on any atom is -0.507 e. The van der Waals surface area contributed by atoms with Crippen molar-refractivity contribution in [3.05, 3.63) is 28.2 Å². The monoisotopic (exact) mass is 328 g/mol. The third-order valence-corrected chi connectivity index (χ3v) is 3.97. The maximum Gasteiger partial charge on any atom is 0.251 e. The highest BCUT2D eigenvalue weighted by Gasteiger charge is 2.09. The van der Waals surface area contributed by atoms with Crippen LogP contribution >= 0.6 is 15.9 Å². The van der Waals surface area contributed by atoms with E-state index in [1.54, 1.807) is 12.1 Å². The van der Waals surface area contributed by atoms with Gasteiger partial charge in [-0.3, -0.25) is 4.79 Å². The van der Waals surface area contributed by atoms with Crippen molar-refractivity contribution in [3.63, 3.8) is 0 Å². The third-order valence-electron chi connectivity index (χ3n) is 3.30. The van der Waals surface area contributed by atoms with E-state index in [0.717, 1.165) is 13.0 Å². The molecule has 5 heteroatoms. The molecule has 4 nitrogen and oxygen atoms in total. The normalized spacial score (nSPS) is 12.5. The molecular formula is C14H21BrN2O2. The van der Waals surface area contributed by atoms with Crippen LogP contribution in [0.1, 0.15) is 30.6 Å². The number of rotatable bonds is 6. The van der Waals surface area contributed by atoms with Gasteiger partial charge in [0.25, 0.3) is 5.91 Å². The molecule has 0 aliphatic carbocycles. The second-order valence-electron chi connectivity index (χ2n) is 4.66. The first-order chi connectivity index (χ1) is 8.95. The molecule has 0 saturated heterocycles. The molecule has 106 valence electrons. The summed E-state index contributed by atoms with van der Waals surface area (Å²) in [4.78, 5) is 14.1. The standard InChI is InChI=1S/C14H21BrN2O2/c1-4-10(2)17(3)8-7-16-14(19)11-5-6-12(15)13(18)9-11/h5-6,9-10,18H,4,7-8H2,1-3H3,(H,16,19). The number of hydrogen-bond donors (Lipinski definition) is 2. The molecule has 1 amide bonds. The van der Waals surface area contributed by atoms with Crippen LogP contribution in [-0.4, -0.2) is 42.1 Å². The first-order valence-corrected chi connectivity index (χ1v) is 7.22. The van der Waals surface area contributed by atoms with Gasteiger partial charge in [0, 0.05) is 24.7 Å². The molecule has 0 aliphatic heterocycles. The summed E-state index contributed by atoms with van der Waals surface area (Å²) >= 11 is 3.19. The second kappa shape index (κ2) is 7.50. The highest BCUT2D eigenvalue weighted by Crippen LogP contribution is 2.24. The maximum atomic E-state index is 11.9. The zero-order valence-electron chi connectivity index (χ0n) is 11.6. The Bertz CT molecular complexity index is 437. The van der Waals surface area contributed by atoms with Gasteiger partial charge in [-0.1, -0.05) is 6.92 Å². The lowest BCUT2D eigenvalue weighted by atomic mass is 10.2. The van der Waals surface area contributed by atoms with Crippen LogP contribution in [0.2, 0.25) is 0 Å². The van der Waals surface area contributed by atoms with Crippen LogP contribution in [0.4, 0.5) is 0 Å². The Labute approximate surface area is 122 Å². The summed E-state index contributed by atoms with van der Waals surface area (Å²) in [5.41, 5.74) is 0.465. The van der Waals surface area contributed by atoms with E-state index < -0.39 is 0 Å². The summed E-state index contributed by atoms with van der Waals surface area (Å²) in [6, 6.07) is 5.30. The predicted molar refractivity (Wildman–Crippen MR) is 80.5 cm³/mol. The van der Waals surface area contributed by atoms with Crippen molar-refractivity contribution in [2.45, 2.75) is 26.3 Å². The van der Waals surface area contributed by atoms with Gasteiger partial charge in [0.1, 0.15) is 5.75 Å². The highest BCUT2D eigenvalue weighted by molar-refractivity contribution is 9.10. The van der Waals surface area contributed by atoms with E-state index in [4.69, 9.17) is 0 Å². The van der Waals surface area contributed by atoms with Crippen molar-refractivity contribution < 1.29 is 9.90 Å². The summed E-state index contributed by atoms with van der Waals surface area (Å²) in [6.45, 7) is 5.71. The van der Waals surface area contributed by atoms with Gasteiger partial charge in [-0.2, -0.15) is 0 Å². The molecule has 1 atom stereocenters. The van der Waals surface area contributed by atoms with Gasteiger partial charge in [-0.05, 0) is 54.5 Å². The zero-order valence-corrected chi connectivity index (χ0v) is 13.2. The fourth-order valence-electron chi connectivity index (χ4n) is 1.63. The molecule has 0 aliphatic rings. The molecular weight excluding hydrogens is 308 g/mol. The number of likely N-dealkylation sites (N-methyl/N-ethyl adjacent to an activating group) is 1. The molecule has 0 saturated carbocycles. The van der Waals surface area contributed by atoms with Gasteiger partial charge in [0.05, 0.1) is 4.47 Å². The van der Waals surface area contributed by atoms with E-state index in [1.807, 2.05) is 7.05 Å². The zero-order chi connectivity index (χ0) is 14.4. The van der Waals surface area contributed by atoms with Crippen LogP contribution < -0.4 is 5.32 Å². The minimum atomic E-state index is -0.166. The number of benzene rings is 1. The smallest absolute Gasteiger partial charge is 0.251 e. The number of hydrogen-bond acceptors (Lipinski definition) is 3. The molecule has 2 N–H and O–H groups in total. The Kier molecular flexibility index (Phi) is 6.31. The number of phenolic OH excluding ortho intramolecular Hbond substituents is 1. The predicted octanol–water partition coefficient (Wildman–Crippen LogP) is 2.61. The SMILES string of the molecule is CCC(C)N(C)CCNC(=O)c1ccc(Br)c(O)c1. The largest absolute Gasteiger partial charge is 0.507 e. The lowest BCUT2D eigenvalue weighted by Crippen LogP contribution is -2.37. The fraction of sp³-hybridized carbons (Fsp3) is 0.500. The van der Waals surface area contributed by atoms with Crippen LogP contribution in [0, 0.1) is 0 Å². The number of aromatic hydroxyl groups is 1. The summed E-state index contributed by atoms with van der Waals surface area (Å²) in [5, 5.41) is 12.4. The van der Waals surface area contributed by atoms with Crippen molar-refractivity contribution in [2.75, 3.05) is 20.1 Å². The summed E-state index contributed by atoms with van der Waals surface area (Å²) < 4.78 is 0.584. The molecule has 0 spiro atoms. The van der Waals surface area contributed by atoms with E-state index in [-0.39, 0.29) is 11.7 Å². The Hall–Kier alpha value is -1.07. The molecule has 1 rings (SSSR count). The van der Waals surface area contributed by atoms with Crippen LogP contribution in [0.5, 0.6) is 5.75 Å². The molecule has 0 aromatic heterocycles. The van der Waals surface area contributed by atoms with Gasteiger partial charge < -0.3 is 15.3 Å². The van der Waals surface area contributed by atoms with Crippen LogP contribution in [0.3, 0.4) is 0 Å². The van der Waals surface area contributed by atoms with E-state index in [0.29, 0.717) is 22.6 Å². The van der Waals surface area contributed by atoms with E-state index in [9.17, 15) is 9.90 Å². The second-order valence-corrected chi connectivity index (χ2v) is 5.51. The molecule has 1 aromatic carbocycles. The van der Waals surface area contributed by atoms with E-state index in [1.165, 1.54) is 6.07 Å². The molecule has 0 radical (unpaired) electrons. The van der Waals surface area contributed by atoms with Gasteiger partial charge in [0.15, 0.2) is 0 Å². The first-order valence-electron chi connectivity index (χ1n) is 6.42. The number of nitrogens with zero attached hydrogens (tertiary/aromatic N) is 1. The topological polar surface area (TPSA) is 52.6 Å². The maximum absolute atomic E-state index is 11.9. The number of halogens is 1. The number of carbonyl (C=O) groups excluding carboxylic acids is 1. The Balaban J connectivity index is 2.45.